The number of benzene rings is 2. The van der Waals surface area contributed by atoms with Gasteiger partial charge in [0.1, 0.15) is 18.3 Å². The average molecular weight is 461 g/mol. The van der Waals surface area contributed by atoms with E-state index in [9.17, 15) is 4.79 Å². The summed E-state index contributed by atoms with van der Waals surface area (Å²) in [7, 11) is 1.04. The molecule has 1 radical (unpaired) electrons. The molecule has 7 nitrogen and oxygen atoms in total. The molecule has 0 aliphatic carbocycles. The second kappa shape index (κ2) is 10.2. The molecule has 2 aromatic carbocycles. The van der Waals surface area contributed by atoms with Crippen LogP contribution >= 0.6 is 11.6 Å². The summed E-state index contributed by atoms with van der Waals surface area (Å²) >= 11 is 6.37. The summed E-state index contributed by atoms with van der Waals surface area (Å²) < 4.78 is 18.6. The number of aryl methyl sites for hydroxylation is 1. The first kappa shape index (κ1) is 23.1. The van der Waals surface area contributed by atoms with Gasteiger partial charge in [-0.15, -0.1) is 0 Å². The van der Waals surface area contributed by atoms with Gasteiger partial charge in [-0.05, 0) is 36.7 Å². The van der Waals surface area contributed by atoms with Crippen molar-refractivity contribution < 1.29 is 19.0 Å². The molecule has 0 amide bonds. The second-order valence-corrected chi connectivity index (χ2v) is 10.9. The summed E-state index contributed by atoms with van der Waals surface area (Å²) in [4.78, 5) is 16.1. The minimum Gasteiger partial charge on any atom is -0.469 e. The van der Waals surface area contributed by atoms with Crippen molar-refractivity contribution in [2.45, 2.75) is 39.2 Å². The van der Waals surface area contributed by atoms with Gasteiger partial charge in [-0.1, -0.05) is 30.8 Å². The molecule has 0 unspecified atom stereocenters. The van der Waals surface area contributed by atoms with Crippen LogP contribution in [0.1, 0.15) is 11.4 Å². The SMILES string of the molecule is COC(=O)Cc1ccc(Oc2cc3c(cc2N)nc(C)n3COCC[Si](C)C)c(Cl)c1. The summed E-state index contributed by atoms with van der Waals surface area (Å²) in [6.45, 7) is 7.62. The molecule has 0 bridgehead atoms. The maximum atomic E-state index is 11.5. The van der Waals surface area contributed by atoms with Crippen LogP contribution in [0, 0.1) is 6.92 Å². The normalized spacial score (nSPS) is 11.3. The van der Waals surface area contributed by atoms with Crippen molar-refractivity contribution in [3.63, 3.8) is 0 Å². The zero-order chi connectivity index (χ0) is 22.5. The molecule has 0 aliphatic heterocycles. The lowest BCUT2D eigenvalue weighted by Gasteiger charge is -2.13. The number of ether oxygens (including phenoxy) is 3. The molecule has 31 heavy (non-hydrogen) atoms. The minimum absolute atomic E-state index is 0.141. The maximum absolute atomic E-state index is 11.5. The standard InChI is InChI=1S/C22H27ClN3O4Si/c1-14-25-18-11-17(24)21(12-19(18)26(14)13-29-7-8-31(3)4)30-20-6-5-15(9-16(20)23)10-22(27)28-2/h5-6,9,11-12H,7-8,10,13,24H2,1-4H3. The Bertz CT molecular complexity index is 1080. The second-order valence-electron chi connectivity index (χ2n) is 7.58. The van der Waals surface area contributed by atoms with E-state index >= 15 is 0 Å². The minimum atomic E-state index is -0.333. The fourth-order valence-electron chi connectivity index (χ4n) is 3.07. The molecule has 1 aromatic heterocycles. The van der Waals surface area contributed by atoms with E-state index in [0.29, 0.717) is 28.9 Å². The molecule has 0 saturated carbocycles. The number of nitrogen functional groups attached to an aromatic ring is 1. The van der Waals surface area contributed by atoms with Gasteiger partial charge < -0.3 is 24.5 Å². The zero-order valence-corrected chi connectivity index (χ0v) is 20.0. The van der Waals surface area contributed by atoms with Crippen LogP contribution in [-0.2, 0) is 27.4 Å². The molecule has 3 rings (SSSR count). The highest BCUT2D eigenvalue weighted by Gasteiger charge is 2.14. The fourth-order valence-corrected chi connectivity index (χ4v) is 3.86. The molecule has 0 aliphatic rings. The third-order valence-electron chi connectivity index (χ3n) is 4.83. The first-order chi connectivity index (χ1) is 14.8. The van der Waals surface area contributed by atoms with E-state index in [1.807, 2.05) is 17.6 Å². The summed E-state index contributed by atoms with van der Waals surface area (Å²) in [5.74, 6) is 1.43. The Labute approximate surface area is 188 Å². The number of imidazole rings is 1. The van der Waals surface area contributed by atoms with Gasteiger partial charge in [0.2, 0.25) is 0 Å². The number of nitrogens with zero attached hydrogens (tertiary/aromatic N) is 2. The van der Waals surface area contributed by atoms with Crippen LogP contribution < -0.4 is 10.5 Å². The average Bonchev–Trinajstić information content (AvgIpc) is 3.01. The number of hydrogen-bond acceptors (Lipinski definition) is 6. The third kappa shape index (κ3) is 5.78. The van der Waals surface area contributed by atoms with Crippen molar-refractivity contribution in [2.75, 3.05) is 19.5 Å². The molecule has 1 heterocycles. The Morgan fingerprint density at radius 1 is 1.23 bits per heavy atom. The first-order valence-electron chi connectivity index (χ1n) is 9.94. The molecular formula is C22H27ClN3O4Si. The molecule has 165 valence electrons. The lowest BCUT2D eigenvalue weighted by molar-refractivity contribution is -0.139. The molecule has 9 heteroatoms. The zero-order valence-electron chi connectivity index (χ0n) is 18.2. The number of methoxy groups -OCH3 is 1. The Morgan fingerprint density at radius 2 is 2.00 bits per heavy atom. The van der Waals surface area contributed by atoms with Crippen LogP contribution in [0.15, 0.2) is 30.3 Å². The summed E-state index contributed by atoms with van der Waals surface area (Å²) in [5.41, 5.74) is 9.05. The summed E-state index contributed by atoms with van der Waals surface area (Å²) in [6, 6.07) is 9.90. The number of rotatable bonds is 9. The molecule has 0 spiro atoms. The number of anilines is 1. The Hall–Kier alpha value is -2.55. The molecule has 0 fully saturated rings. The topological polar surface area (TPSA) is 88.6 Å². The van der Waals surface area contributed by atoms with Crippen LogP contribution in [0.2, 0.25) is 24.2 Å². The number of aromatic nitrogens is 2. The van der Waals surface area contributed by atoms with Gasteiger partial charge in [0.05, 0.1) is 35.3 Å². The monoisotopic (exact) mass is 460 g/mol. The number of halogens is 1. The number of carbonyl (C=O) groups excluding carboxylic acids is 1. The Morgan fingerprint density at radius 3 is 2.68 bits per heavy atom. The smallest absolute Gasteiger partial charge is 0.309 e. The van der Waals surface area contributed by atoms with Gasteiger partial charge in [0, 0.05) is 21.5 Å². The first-order valence-corrected chi connectivity index (χ1v) is 13.0. The molecule has 2 N–H and O–H groups in total. The van der Waals surface area contributed by atoms with Crippen molar-refractivity contribution in [3.8, 4) is 11.5 Å². The van der Waals surface area contributed by atoms with Gasteiger partial charge in [-0.2, -0.15) is 0 Å². The van der Waals surface area contributed by atoms with Crippen molar-refractivity contribution >= 4 is 43.1 Å². The summed E-state index contributed by atoms with van der Waals surface area (Å²) in [5, 5.41) is 0.380. The van der Waals surface area contributed by atoms with Gasteiger partial charge in [-0.3, -0.25) is 4.79 Å². The maximum Gasteiger partial charge on any atom is 0.309 e. The van der Waals surface area contributed by atoms with E-state index in [0.717, 1.165) is 35.1 Å². The number of hydrogen-bond donors (Lipinski definition) is 1. The van der Waals surface area contributed by atoms with Crippen LogP contribution in [-0.4, -0.2) is 38.0 Å². The largest absolute Gasteiger partial charge is 0.469 e. The molecule has 3 aromatic rings. The number of carbonyl (C=O) groups is 1. The highest BCUT2D eigenvalue weighted by atomic mass is 35.5. The Balaban J connectivity index is 1.83. The predicted octanol–water partition coefficient (Wildman–Crippen LogP) is 4.82. The molecule has 0 saturated heterocycles. The quantitative estimate of drug-likeness (QED) is 0.213. The Kier molecular flexibility index (Phi) is 7.58. The lowest BCUT2D eigenvalue weighted by Crippen LogP contribution is -2.09. The van der Waals surface area contributed by atoms with Gasteiger partial charge in [0.25, 0.3) is 0 Å². The van der Waals surface area contributed by atoms with E-state index in [4.69, 9.17) is 26.8 Å². The fraction of sp³-hybridized carbons (Fsp3) is 0.364. The van der Waals surface area contributed by atoms with E-state index < -0.39 is 0 Å². The third-order valence-corrected chi connectivity index (χ3v) is 6.33. The van der Waals surface area contributed by atoms with E-state index in [-0.39, 0.29) is 21.2 Å². The van der Waals surface area contributed by atoms with Crippen molar-refractivity contribution in [3.05, 3.63) is 46.7 Å². The van der Waals surface area contributed by atoms with Crippen LogP contribution in [0.3, 0.4) is 0 Å². The predicted molar refractivity (Wildman–Crippen MR) is 124 cm³/mol. The molecule has 0 atom stereocenters. The molecular weight excluding hydrogens is 434 g/mol. The highest BCUT2D eigenvalue weighted by molar-refractivity contribution is 6.55. The van der Waals surface area contributed by atoms with Crippen molar-refractivity contribution in [2.24, 2.45) is 0 Å². The van der Waals surface area contributed by atoms with Crippen molar-refractivity contribution in [1.29, 1.82) is 0 Å². The highest BCUT2D eigenvalue weighted by Crippen LogP contribution is 2.36. The van der Waals surface area contributed by atoms with Crippen LogP contribution in [0.4, 0.5) is 5.69 Å². The number of esters is 1. The van der Waals surface area contributed by atoms with Crippen molar-refractivity contribution in [1.82, 2.24) is 9.55 Å². The van der Waals surface area contributed by atoms with E-state index in [1.54, 1.807) is 24.3 Å². The number of nitrogens with two attached hydrogens (primary N) is 1. The van der Waals surface area contributed by atoms with E-state index in [2.05, 4.69) is 22.8 Å². The van der Waals surface area contributed by atoms with Gasteiger partial charge in [0.15, 0.2) is 5.75 Å². The number of fused-ring (bicyclic) bond motifs is 1. The van der Waals surface area contributed by atoms with Gasteiger partial charge in [-0.25, -0.2) is 4.98 Å². The lowest BCUT2D eigenvalue weighted by atomic mass is 10.1. The summed E-state index contributed by atoms with van der Waals surface area (Å²) in [6.07, 6.45) is 0.141. The van der Waals surface area contributed by atoms with Gasteiger partial charge >= 0.3 is 5.97 Å². The van der Waals surface area contributed by atoms with Crippen LogP contribution in [0.25, 0.3) is 11.0 Å². The van der Waals surface area contributed by atoms with Crippen LogP contribution in [0.5, 0.6) is 11.5 Å². The van der Waals surface area contributed by atoms with E-state index in [1.165, 1.54) is 7.11 Å².